The summed E-state index contributed by atoms with van der Waals surface area (Å²) in [6.45, 7) is 2.24. The Morgan fingerprint density at radius 3 is 2.20 bits per heavy atom. The summed E-state index contributed by atoms with van der Waals surface area (Å²) in [5.74, 6) is 2.56. The highest BCUT2D eigenvalue weighted by molar-refractivity contribution is 4.84. The molecule has 0 aromatic rings. The van der Waals surface area contributed by atoms with Gasteiger partial charge in [0, 0.05) is 6.42 Å². The van der Waals surface area contributed by atoms with Crippen molar-refractivity contribution >= 4 is 0 Å². The molecule has 1 N–H and O–H groups in total. The van der Waals surface area contributed by atoms with Crippen molar-refractivity contribution in [1.29, 1.82) is 0 Å². The van der Waals surface area contributed by atoms with Crippen molar-refractivity contribution in [2.45, 2.75) is 77.2 Å². The summed E-state index contributed by atoms with van der Waals surface area (Å²) in [4.78, 5) is 0. The average Bonchev–Trinajstić information content (AvgIpc) is 2.25. The topological polar surface area (TPSA) is 20.2 Å². The van der Waals surface area contributed by atoms with E-state index in [-0.39, 0.29) is 6.10 Å². The molecule has 0 heterocycles. The maximum atomic E-state index is 9.53. The van der Waals surface area contributed by atoms with Gasteiger partial charge in [-0.15, -0.1) is 12.3 Å². The summed E-state index contributed by atoms with van der Waals surface area (Å²) in [6, 6.07) is 0. The number of aliphatic hydroxyl groups excluding tert-OH is 1. The third-order valence-electron chi connectivity index (χ3n) is 2.76. The van der Waals surface area contributed by atoms with Crippen molar-refractivity contribution in [1.82, 2.24) is 0 Å². The molecule has 0 saturated carbocycles. The maximum Gasteiger partial charge on any atom is 0.0549 e. The van der Waals surface area contributed by atoms with Crippen LogP contribution in [0.1, 0.15) is 71.1 Å². The number of rotatable bonds is 10. The van der Waals surface area contributed by atoms with Crippen LogP contribution in [0.15, 0.2) is 0 Å². The van der Waals surface area contributed by atoms with Crippen molar-refractivity contribution < 1.29 is 5.11 Å². The molecule has 0 rings (SSSR count). The molecule has 0 aliphatic heterocycles. The van der Waals surface area contributed by atoms with Crippen molar-refractivity contribution in [3.63, 3.8) is 0 Å². The second kappa shape index (κ2) is 11.6. The largest absolute Gasteiger partial charge is 0.393 e. The second-order valence-corrected chi connectivity index (χ2v) is 4.31. The van der Waals surface area contributed by atoms with Gasteiger partial charge in [0.05, 0.1) is 6.10 Å². The molecule has 0 spiro atoms. The molecule has 0 saturated heterocycles. The highest BCUT2D eigenvalue weighted by Gasteiger charge is 2.01. The van der Waals surface area contributed by atoms with Crippen molar-refractivity contribution in [2.75, 3.05) is 0 Å². The molecular formula is C14H26O. The second-order valence-electron chi connectivity index (χ2n) is 4.31. The maximum absolute atomic E-state index is 9.53. The minimum Gasteiger partial charge on any atom is -0.393 e. The Kier molecular flexibility index (Phi) is 11.2. The predicted molar refractivity (Wildman–Crippen MR) is 66.7 cm³/mol. The number of aliphatic hydroxyl groups is 1. The molecule has 1 unspecified atom stereocenters. The molecule has 88 valence electrons. The monoisotopic (exact) mass is 210 g/mol. The minimum atomic E-state index is -0.170. The highest BCUT2D eigenvalue weighted by atomic mass is 16.3. The standard InChI is InChI=1S/C14H26O/c1-3-5-7-8-9-10-11-13-14(15)12-6-4-2/h2,14-15H,3,5-13H2,1H3. The summed E-state index contributed by atoms with van der Waals surface area (Å²) >= 11 is 0. The number of hydrogen-bond donors (Lipinski definition) is 1. The molecule has 0 aliphatic rings. The normalized spacial score (nSPS) is 12.3. The summed E-state index contributed by atoms with van der Waals surface area (Å²) in [5, 5.41) is 9.53. The van der Waals surface area contributed by atoms with Crippen molar-refractivity contribution in [3.05, 3.63) is 0 Å². The van der Waals surface area contributed by atoms with Crippen LogP contribution in [0.2, 0.25) is 0 Å². The molecule has 1 nitrogen and oxygen atoms in total. The lowest BCUT2D eigenvalue weighted by molar-refractivity contribution is 0.152. The van der Waals surface area contributed by atoms with Gasteiger partial charge in [0.15, 0.2) is 0 Å². The van der Waals surface area contributed by atoms with E-state index < -0.39 is 0 Å². The molecule has 1 atom stereocenters. The Morgan fingerprint density at radius 2 is 1.60 bits per heavy atom. The molecule has 0 aromatic heterocycles. The van der Waals surface area contributed by atoms with Crippen LogP contribution in [0, 0.1) is 12.3 Å². The van der Waals surface area contributed by atoms with Crippen LogP contribution in [0.3, 0.4) is 0 Å². The molecule has 0 amide bonds. The van der Waals surface area contributed by atoms with E-state index in [4.69, 9.17) is 6.42 Å². The molecule has 0 radical (unpaired) electrons. The van der Waals surface area contributed by atoms with E-state index in [1.54, 1.807) is 0 Å². The first-order chi connectivity index (χ1) is 7.31. The van der Waals surface area contributed by atoms with Crippen LogP contribution < -0.4 is 0 Å². The number of unbranched alkanes of at least 4 members (excludes halogenated alkanes) is 6. The van der Waals surface area contributed by atoms with Gasteiger partial charge in [-0.3, -0.25) is 0 Å². The zero-order valence-electron chi connectivity index (χ0n) is 10.2. The zero-order valence-corrected chi connectivity index (χ0v) is 10.2. The fraction of sp³-hybridized carbons (Fsp3) is 0.857. The van der Waals surface area contributed by atoms with Crippen LogP contribution in [0.5, 0.6) is 0 Å². The molecule has 0 aromatic carbocycles. The lowest BCUT2D eigenvalue weighted by Crippen LogP contribution is -2.05. The number of hydrogen-bond acceptors (Lipinski definition) is 1. The van der Waals surface area contributed by atoms with Crippen molar-refractivity contribution in [2.24, 2.45) is 0 Å². The first-order valence-corrected chi connectivity index (χ1v) is 6.42. The predicted octanol–water partition coefficient (Wildman–Crippen LogP) is 3.90. The smallest absolute Gasteiger partial charge is 0.0549 e. The van der Waals surface area contributed by atoms with Gasteiger partial charge in [0.1, 0.15) is 0 Å². The molecule has 15 heavy (non-hydrogen) atoms. The fourth-order valence-corrected chi connectivity index (χ4v) is 1.73. The first-order valence-electron chi connectivity index (χ1n) is 6.42. The molecule has 0 fully saturated rings. The number of terminal acetylenes is 1. The van der Waals surface area contributed by atoms with Crippen LogP contribution in [0.4, 0.5) is 0 Å². The third-order valence-corrected chi connectivity index (χ3v) is 2.76. The van der Waals surface area contributed by atoms with E-state index in [0.717, 1.165) is 19.3 Å². The Labute approximate surface area is 95.3 Å². The van der Waals surface area contributed by atoms with E-state index in [9.17, 15) is 5.11 Å². The van der Waals surface area contributed by atoms with Gasteiger partial charge in [0.2, 0.25) is 0 Å². The van der Waals surface area contributed by atoms with Crippen LogP contribution in [-0.4, -0.2) is 11.2 Å². The Morgan fingerprint density at radius 1 is 1.00 bits per heavy atom. The molecule has 0 aliphatic carbocycles. The summed E-state index contributed by atoms with van der Waals surface area (Å²) in [6.07, 6.45) is 16.5. The van der Waals surface area contributed by atoms with E-state index in [1.165, 1.54) is 38.5 Å². The molecule has 0 bridgehead atoms. The molecule has 1 heteroatoms. The van der Waals surface area contributed by atoms with Gasteiger partial charge in [-0.25, -0.2) is 0 Å². The van der Waals surface area contributed by atoms with Gasteiger partial charge in [-0.05, 0) is 12.8 Å². The lowest BCUT2D eigenvalue weighted by Gasteiger charge is -2.07. The average molecular weight is 210 g/mol. The third kappa shape index (κ3) is 11.4. The van der Waals surface area contributed by atoms with E-state index in [1.807, 2.05) is 0 Å². The zero-order chi connectivity index (χ0) is 11.4. The first kappa shape index (κ1) is 14.5. The summed E-state index contributed by atoms with van der Waals surface area (Å²) in [5.41, 5.74) is 0. The van der Waals surface area contributed by atoms with Gasteiger partial charge >= 0.3 is 0 Å². The SMILES string of the molecule is C#CCCC(O)CCCCCCCCC. The Bertz CT molecular complexity index is 157. The fourth-order valence-electron chi connectivity index (χ4n) is 1.73. The minimum absolute atomic E-state index is 0.170. The van der Waals surface area contributed by atoms with Gasteiger partial charge in [-0.1, -0.05) is 51.9 Å². The quantitative estimate of drug-likeness (QED) is 0.428. The highest BCUT2D eigenvalue weighted by Crippen LogP contribution is 2.11. The van der Waals surface area contributed by atoms with Crippen LogP contribution >= 0.6 is 0 Å². The van der Waals surface area contributed by atoms with E-state index >= 15 is 0 Å². The van der Waals surface area contributed by atoms with E-state index in [0.29, 0.717) is 6.42 Å². The summed E-state index contributed by atoms with van der Waals surface area (Å²) < 4.78 is 0. The van der Waals surface area contributed by atoms with Gasteiger partial charge < -0.3 is 5.11 Å². The summed E-state index contributed by atoms with van der Waals surface area (Å²) in [7, 11) is 0. The Hall–Kier alpha value is -0.480. The van der Waals surface area contributed by atoms with Crippen LogP contribution in [-0.2, 0) is 0 Å². The Balaban J connectivity index is 3.06. The van der Waals surface area contributed by atoms with Gasteiger partial charge in [0.25, 0.3) is 0 Å². The van der Waals surface area contributed by atoms with E-state index in [2.05, 4.69) is 12.8 Å². The lowest BCUT2D eigenvalue weighted by atomic mass is 10.0. The van der Waals surface area contributed by atoms with Gasteiger partial charge in [-0.2, -0.15) is 0 Å². The van der Waals surface area contributed by atoms with Crippen molar-refractivity contribution in [3.8, 4) is 12.3 Å². The molecular weight excluding hydrogens is 184 g/mol. The van der Waals surface area contributed by atoms with Crippen LogP contribution in [0.25, 0.3) is 0 Å².